The number of amides is 3. The lowest BCUT2D eigenvalue weighted by atomic mass is 10.2. The molecule has 0 aliphatic heterocycles. The first-order valence-electron chi connectivity index (χ1n) is 8.51. The zero-order valence-corrected chi connectivity index (χ0v) is 14.7. The number of carbonyl (C=O) groups excluding carboxylic acids is 2. The van der Waals surface area contributed by atoms with Gasteiger partial charge in [-0.1, -0.05) is 18.2 Å². The van der Waals surface area contributed by atoms with Crippen LogP contribution in [0.25, 0.3) is 11.0 Å². The molecule has 1 atom stereocenters. The van der Waals surface area contributed by atoms with Gasteiger partial charge in [-0.15, -0.1) is 0 Å². The van der Waals surface area contributed by atoms with Crippen molar-refractivity contribution in [3.8, 4) is 0 Å². The van der Waals surface area contributed by atoms with Crippen LogP contribution in [0.4, 0.5) is 10.5 Å². The van der Waals surface area contributed by atoms with Crippen LogP contribution < -0.4 is 16.0 Å². The van der Waals surface area contributed by atoms with E-state index >= 15 is 0 Å². The van der Waals surface area contributed by atoms with E-state index in [2.05, 4.69) is 16.0 Å². The largest absolute Gasteiger partial charge is 0.459 e. The van der Waals surface area contributed by atoms with E-state index in [1.54, 1.807) is 24.3 Å². The molecule has 0 aliphatic rings. The average Bonchev–Trinajstić information content (AvgIpc) is 3.07. The second-order valence-corrected chi connectivity index (χ2v) is 5.94. The highest BCUT2D eigenvalue weighted by molar-refractivity contribution is 5.95. The molecule has 0 radical (unpaired) electrons. The Morgan fingerprint density at radius 1 is 1.08 bits per heavy atom. The van der Waals surface area contributed by atoms with E-state index in [1.807, 2.05) is 44.2 Å². The van der Waals surface area contributed by atoms with Gasteiger partial charge < -0.3 is 20.4 Å². The van der Waals surface area contributed by atoms with Gasteiger partial charge in [-0.2, -0.15) is 0 Å². The quantitative estimate of drug-likeness (QED) is 0.648. The Morgan fingerprint density at radius 2 is 1.81 bits per heavy atom. The standard InChI is InChI=1S/C20H21N3O3/c1-3-21-19(24)14-8-10-16(11-9-14)23-20(25)22-13(2)18-12-15-6-4-5-7-17(15)26-18/h4-13H,3H2,1-2H3,(H,21,24)(H2,22,23,25). The van der Waals surface area contributed by atoms with Crippen LogP contribution >= 0.6 is 0 Å². The first kappa shape index (κ1) is 17.5. The Labute approximate surface area is 151 Å². The van der Waals surface area contributed by atoms with Crippen LogP contribution in [0, 0.1) is 0 Å². The monoisotopic (exact) mass is 351 g/mol. The van der Waals surface area contributed by atoms with E-state index in [-0.39, 0.29) is 18.0 Å². The van der Waals surface area contributed by atoms with Crippen molar-refractivity contribution in [2.24, 2.45) is 0 Å². The number of anilines is 1. The van der Waals surface area contributed by atoms with E-state index in [9.17, 15) is 9.59 Å². The summed E-state index contributed by atoms with van der Waals surface area (Å²) in [4.78, 5) is 23.9. The van der Waals surface area contributed by atoms with Crippen LogP contribution in [0.5, 0.6) is 0 Å². The molecule has 3 amide bonds. The number of fused-ring (bicyclic) bond motifs is 1. The van der Waals surface area contributed by atoms with Crippen LogP contribution in [0.15, 0.2) is 59.0 Å². The zero-order chi connectivity index (χ0) is 18.5. The molecule has 0 fully saturated rings. The molecule has 0 saturated carbocycles. The number of benzene rings is 2. The molecule has 0 spiro atoms. The van der Waals surface area contributed by atoms with Gasteiger partial charge in [0.25, 0.3) is 5.91 Å². The Kier molecular flexibility index (Phi) is 5.22. The second-order valence-electron chi connectivity index (χ2n) is 5.94. The van der Waals surface area contributed by atoms with E-state index in [4.69, 9.17) is 4.42 Å². The fourth-order valence-corrected chi connectivity index (χ4v) is 2.62. The summed E-state index contributed by atoms with van der Waals surface area (Å²) in [5.74, 6) is 0.551. The molecule has 134 valence electrons. The second kappa shape index (κ2) is 7.74. The van der Waals surface area contributed by atoms with Gasteiger partial charge in [0.05, 0.1) is 6.04 Å². The van der Waals surface area contributed by atoms with Gasteiger partial charge in [0.15, 0.2) is 0 Å². The van der Waals surface area contributed by atoms with Crippen LogP contribution in [-0.2, 0) is 0 Å². The number of hydrogen-bond acceptors (Lipinski definition) is 3. The van der Waals surface area contributed by atoms with Gasteiger partial charge in [-0.3, -0.25) is 4.79 Å². The zero-order valence-electron chi connectivity index (χ0n) is 14.7. The van der Waals surface area contributed by atoms with Crippen molar-refractivity contribution < 1.29 is 14.0 Å². The minimum absolute atomic E-state index is 0.137. The Bertz CT molecular complexity index is 882. The molecule has 1 heterocycles. The fourth-order valence-electron chi connectivity index (χ4n) is 2.62. The average molecular weight is 351 g/mol. The van der Waals surface area contributed by atoms with E-state index in [0.29, 0.717) is 23.6 Å². The topological polar surface area (TPSA) is 83.4 Å². The first-order chi connectivity index (χ1) is 12.6. The van der Waals surface area contributed by atoms with Crippen molar-refractivity contribution in [1.29, 1.82) is 0 Å². The maximum Gasteiger partial charge on any atom is 0.319 e. The predicted molar refractivity (Wildman–Crippen MR) is 101 cm³/mol. The van der Waals surface area contributed by atoms with Crippen molar-refractivity contribution >= 4 is 28.6 Å². The predicted octanol–water partition coefficient (Wildman–Crippen LogP) is 4.07. The number of carbonyl (C=O) groups is 2. The minimum atomic E-state index is -0.344. The molecular formula is C20H21N3O3. The molecule has 0 saturated heterocycles. The molecule has 1 unspecified atom stereocenters. The lowest BCUT2D eigenvalue weighted by molar-refractivity contribution is 0.0956. The summed E-state index contributed by atoms with van der Waals surface area (Å²) in [5, 5.41) is 9.32. The van der Waals surface area contributed by atoms with Gasteiger partial charge >= 0.3 is 6.03 Å². The van der Waals surface area contributed by atoms with Crippen molar-refractivity contribution in [1.82, 2.24) is 10.6 Å². The summed E-state index contributed by atoms with van der Waals surface area (Å²) in [6, 6.07) is 15.7. The Balaban J connectivity index is 1.60. The van der Waals surface area contributed by atoms with Gasteiger partial charge in [0, 0.05) is 23.2 Å². The maximum absolute atomic E-state index is 12.2. The molecular weight excluding hydrogens is 330 g/mol. The van der Waals surface area contributed by atoms with Crippen LogP contribution in [0.3, 0.4) is 0 Å². The lowest BCUT2D eigenvalue weighted by Crippen LogP contribution is -2.31. The summed E-state index contributed by atoms with van der Waals surface area (Å²) in [5.41, 5.74) is 1.94. The Morgan fingerprint density at radius 3 is 2.50 bits per heavy atom. The molecule has 1 aromatic heterocycles. The van der Waals surface area contributed by atoms with E-state index in [0.717, 1.165) is 11.0 Å². The third-order valence-electron chi connectivity index (χ3n) is 3.96. The smallest absolute Gasteiger partial charge is 0.319 e. The maximum atomic E-state index is 12.2. The molecule has 6 nitrogen and oxygen atoms in total. The number of nitrogens with one attached hydrogen (secondary N) is 3. The van der Waals surface area contributed by atoms with Gasteiger partial charge in [-0.25, -0.2) is 4.79 Å². The SMILES string of the molecule is CCNC(=O)c1ccc(NC(=O)NC(C)c2cc3ccccc3o2)cc1. The van der Waals surface area contributed by atoms with Gasteiger partial charge in [-0.05, 0) is 50.2 Å². The van der Waals surface area contributed by atoms with Crippen LogP contribution in [-0.4, -0.2) is 18.5 Å². The van der Waals surface area contributed by atoms with Gasteiger partial charge in [0.1, 0.15) is 11.3 Å². The summed E-state index contributed by atoms with van der Waals surface area (Å²) in [7, 11) is 0. The van der Waals surface area contributed by atoms with E-state index < -0.39 is 0 Å². The normalized spacial score (nSPS) is 11.8. The van der Waals surface area contributed by atoms with Crippen molar-refractivity contribution in [2.75, 3.05) is 11.9 Å². The summed E-state index contributed by atoms with van der Waals surface area (Å²) in [6.45, 7) is 4.29. The third kappa shape index (κ3) is 4.03. The Hall–Kier alpha value is -3.28. The summed E-state index contributed by atoms with van der Waals surface area (Å²) in [6.07, 6.45) is 0. The van der Waals surface area contributed by atoms with Crippen molar-refractivity contribution in [3.63, 3.8) is 0 Å². The number of furan rings is 1. The molecule has 3 rings (SSSR count). The molecule has 0 aliphatic carbocycles. The number of para-hydroxylation sites is 1. The molecule has 3 aromatic rings. The molecule has 2 aromatic carbocycles. The molecule has 6 heteroatoms. The number of rotatable bonds is 5. The fraction of sp³-hybridized carbons (Fsp3) is 0.200. The van der Waals surface area contributed by atoms with Crippen molar-refractivity contribution in [3.05, 3.63) is 65.9 Å². The first-order valence-corrected chi connectivity index (χ1v) is 8.51. The summed E-state index contributed by atoms with van der Waals surface area (Å²) >= 11 is 0. The lowest BCUT2D eigenvalue weighted by Gasteiger charge is -2.12. The highest BCUT2D eigenvalue weighted by Crippen LogP contribution is 2.23. The van der Waals surface area contributed by atoms with E-state index in [1.165, 1.54) is 0 Å². The molecule has 0 bridgehead atoms. The van der Waals surface area contributed by atoms with Gasteiger partial charge in [0.2, 0.25) is 0 Å². The minimum Gasteiger partial charge on any atom is -0.459 e. The third-order valence-corrected chi connectivity index (χ3v) is 3.96. The highest BCUT2D eigenvalue weighted by atomic mass is 16.3. The van der Waals surface area contributed by atoms with Crippen LogP contribution in [0.2, 0.25) is 0 Å². The number of hydrogen-bond donors (Lipinski definition) is 3. The van der Waals surface area contributed by atoms with Crippen molar-refractivity contribution in [2.45, 2.75) is 19.9 Å². The van der Waals surface area contributed by atoms with Crippen LogP contribution in [0.1, 0.15) is 36.0 Å². The number of urea groups is 1. The summed E-state index contributed by atoms with van der Waals surface area (Å²) < 4.78 is 5.76. The highest BCUT2D eigenvalue weighted by Gasteiger charge is 2.14. The molecule has 26 heavy (non-hydrogen) atoms. The molecule has 3 N–H and O–H groups in total.